The highest BCUT2D eigenvalue weighted by Gasteiger charge is 2.14. The molecule has 0 bridgehead atoms. The van der Waals surface area contributed by atoms with Gasteiger partial charge in [0.2, 0.25) is 0 Å². The highest BCUT2D eigenvalue weighted by Crippen LogP contribution is 2.37. The minimum absolute atomic E-state index is 0.404. The average Bonchev–Trinajstić information content (AvgIpc) is 2.73. The third kappa shape index (κ3) is 1.21. The first kappa shape index (κ1) is 10.2. The maximum Gasteiger partial charge on any atom is 0.123 e. The van der Waals surface area contributed by atoms with Crippen LogP contribution in [0, 0.1) is 20.8 Å². The number of hydrogen-bond donors (Lipinski definition) is 2. The number of aromatic nitrogens is 1. The van der Waals surface area contributed by atoms with E-state index in [-0.39, 0.29) is 0 Å². The molecule has 0 saturated heterocycles. The van der Waals surface area contributed by atoms with Crippen LogP contribution in [-0.4, -0.2) is 10.1 Å². The van der Waals surface area contributed by atoms with Gasteiger partial charge >= 0.3 is 0 Å². The number of para-hydroxylation sites is 1. The number of rotatable bonds is 0. The van der Waals surface area contributed by atoms with Crippen LogP contribution in [0.2, 0.25) is 0 Å². The third-order valence-corrected chi connectivity index (χ3v) is 3.73. The van der Waals surface area contributed by atoms with Crippen molar-refractivity contribution < 1.29 is 5.11 Å². The van der Waals surface area contributed by atoms with E-state index in [0.717, 1.165) is 27.7 Å². The van der Waals surface area contributed by atoms with E-state index in [1.807, 2.05) is 26.0 Å². The summed E-state index contributed by atoms with van der Waals surface area (Å²) in [5.74, 6) is 0.404. The molecule has 3 aromatic rings. The molecule has 17 heavy (non-hydrogen) atoms. The van der Waals surface area contributed by atoms with Gasteiger partial charge < -0.3 is 10.1 Å². The minimum atomic E-state index is 0.404. The summed E-state index contributed by atoms with van der Waals surface area (Å²) in [5, 5.41) is 12.5. The Hall–Kier alpha value is -1.96. The summed E-state index contributed by atoms with van der Waals surface area (Å²) in [4.78, 5) is 3.40. The van der Waals surface area contributed by atoms with Crippen molar-refractivity contribution in [2.75, 3.05) is 0 Å². The van der Waals surface area contributed by atoms with Gasteiger partial charge in [-0.1, -0.05) is 18.2 Å². The number of phenols is 1. The van der Waals surface area contributed by atoms with Gasteiger partial charge in [0.15, 0.2) is 0 Å². The molecule has 2 nitrogen and oxygen atoms in total. The van der Waals surface area contributed by atoms with Gasteiger partial charge in [-0.05, 0) is 38.0 Å². The van der Waals surface area contributed by atoms with E-state index in [9.17, 15) is 5.11 Å². The maximum absolute atomic E-state index is 10.1. The number of nitrogens with one attached hydrogen (secondary N) is 1. The van der Waals surface area contributed by atoms with Crippen LogP contribution in [0.4, 0.5) is 0 Å². The predicted octanol–water partition coefficient (Wildman–Crippen LogP) is 3.95. The first-order chi connectivity index (χ1) is 8.11. The second kappa shape index (κ2) is 3.27. The van der Waals surface area contributed by atoms with Crippen LogP contribution in [-0.2, 0) is 0 Å². The molecule has 0 unspecified atom stereocenters. The second-order valence-corrected chi connectivity index (χ2v) is 4.64. The summed E-state index contributed by atoms with van der Waals surface area (Å²) in [6.45, 7) is 6.00. The summed E-state index contributed by atoms with van der Waals surface area (Å²) in [6, 6.07) is 8.26. The number of aromatic hydroxyl groups is 1. The molecule has 1 aromatic heterocycles. The Morgan fingerprint density at radius 2 is 1.65 bits per heavy atom. The van der Waals surface area contributed by atoms with E-state index in [2.05, 4.69) is 24.0 Å². The molecule has 0 aliphatic heterocycles. The number of fused-ring (bicyclic) bond motifs is 3. The van der Waals surface area contributed by atoms with Gasteiger partial charge in [-0.2, -0.15) is 0 Å². The van der Waals surface area contributed by atoms with E-state index in [1.165, 1.54) is 10.8 Å². The van der Waals surface area contributed by atoms with Gasteiger partial charge in [-0.3, -0.25) is 0 Å². The van der Waals surface area contributed by atoms with Gasteiger partial charge in [-0.15, -0.1) is 0 Å². The Kier molecular flexibility index (Phi) is 1.96. The van der Waals surface area contributed by atoms with E-state index < -0.39 is 0 Å². The number of H-pyrrole nitrogens is 1. The molecule has 1 heterocycles. The quantitative estimate of drug-likeness (QED) is 0.597. The first-order valence-corrected chi connectivity index (χ1v) is 5.80. The van der Waals surface area contributed by atoms with Crippen LogP contribution in [0.15, 0.2) is 24.3 Å². The van der Waals surface area contributed by atoms with Crippen molar-refractivity contribution in [1.82, 2.24) is 4.98 Å². The number of phenolic OH excluding ortho intramolecular Hbond substituents is 1. The molecule has 86 valence electrons. The van der Waals surface area contributed by atoms with Crippen LogP contribution in [0.5, 0.6) is 5.75 Å². The summed E-state index contributed by atoms with van der Waals surface area (Å²) in [5.41, 5.74) is 5.23. The fourth-order valence-electron chi connectivity index (χ4n) is 2.58. The van der Waals surface area contributed by atoms with E-state index in [0.29, 0.717) is 5.75 Å². The SMILES string of the molecule is Cc1c(O)c(C)c2[nH]c3ccccc3c2c1C. The zero-order valence-electron chi connectivity index (χ0n) is 10.3. The van der Waals surface area contributed by atoms with Crippen molar-refractivity contribution in [2.45, 2.75) is 20.8 Å². The molecule has 0 aliphatic carbocycles. The van der Waals surface area contributed by atoms with Gasteiger partial charge in [0.05, 0.1) is 5.52 Å². The lowest BCUT2D eigenvalue weighted by molar-refractivity contribution is 0.467. The summed E-state index contributed by atoms with van der Waals surface area (Å²) < 4.78 is 0. The zero-order chi connectivity index (χ0) is 12.2. The largest absolute Gasteiger partial charge is 0.507 e. The normalized spacial score (nSPS) is 11.5. The topological polar surface area (TPSA) is 36.0 Å². The van der Waals surface area contributed by atoms with Crippen LogP contribution in [0.3, 0.4) is 0 Å². The van der Waals surface area contributed by atoms with Gasteiger partial charge in [-0.25, -0.2) is 0 Å². The lowest BCUT2D eigenvalue weighted by atomic mass is 9.98. The molecular weight excluding hydrogens is 210 g/mol. The Morgan fingerprint density at radius 3 is 2.41 bits per heavy atom. The molecular formula is C15H15NO. The molecule has 0 aliphatic rings. The van der Waals surface area contributed by atoms with Crippen molar-refractivity contribution in [3.8, 4) is 5.75 Å². The average molecular weight is 225 g/mol. The molecule has 0 atom stereocenters. The molecule has 0 fully saturated rings. The van der Waals surface area contributed by atoms with E-state index in [1.54, 1.807) is 0 Å². The standard InChI is InChI=1S/C15H15NO/c1-8-9(2)15(17)10(3)14-13(8)11-6-4-5-7-12(11)16-14/h4-7,16-17H,1-3H3. The van der Waals surface area contributed by atoms with Crippen molar-refractivity contribution in [2.24, 2.45) is 0 Å². The minimum Gasteiger partial charge on any atom is -0.507 e. The van der Waals surface area contributed by atoms with Crippen LogP contribution < -0.4 is 0 Å². The summed E-state index contributed by atoms with van der Waals surface area (Å²) in [6.07, 6.45) is 0. The van der Waals surface area contributed by atoms with Crippen LogP contribution in [0.1, 0.15) is 16.7 Å². The van der Waals surface area contributed by atoms with Crippen molar-refractivity contribution in [3.63, 3.8) is 0 Å². The van der Waals surface area contributed by atoms with Crippen molar-refractivity contribution in [3.05, 3.63) is 41.0 Å². The Labute approximate surface area is 99.9 Å². The molecule has 3 rings (SSSR count). The number of hydrogen-bond acceptors (Lipinski definition) is 1. The number of aryl methyl sites for hydroxylation is 2. The molecule has 0 spiro atoms. The number of aromatic amines is 1. The van der Waals surface area contributed by atoms with Crippen molar-refractivity contribution in [1.29, 1.82) is 0 Å². The van der Waals surface area contributed by atoms with Crippen LogP contribution >= 0.6 is 0 Å². The van der Waals surface area contributed by atoms with E-state index in [4.69, 9.17) is 0 Å². The lowest BCUT2D eigenvalue weighted by Crippen LogP contribution is -1.88. The molecule has 2 aromatic carbocycles. The highest BCUT2D eigenvalue weighted by atomic mass is 16.3. The zero-order valence-corrected chi connectivity index (χ0v) is 10.3. The smallest absolute Gasteiger partial charge is 0.123 e. The molecule has 2 N–H and O–H groups in total. The third-order valence-electron chi connectivity index (χ3n) is 3.73. The summed E-state index contributed by atoms with van der Waals surface area (Å²) in [7, 11) is 0. The monoisotopic (exact) mass is 225 g/mol. The van der Waals surface area contributed by atoms with Gasteiger partial charge in [0.1, 0.15) is 5.75 Å². The van der Waals surface area contributed by atoms with E-state index >= 15 is 0 Å². The maximum atomic E-state index is 10.1. The fraction of sp³-hybridized carbons (Fsp3) is 0.200. The Bertz CT molecular complexity index is 738. The molecule has 0 saturated carbocycles. The lowest BCUT2D eigenvalue weighted by Gasteiger charge is -2.09. The molecule has 0 radical (unpaired) electrons. The summed E-state index contributed by atoms with van der Waals surface area (Å²) >= 11 is 0. The fourth-order valence-corrected chi connectivity index (χ4v) is 2.58. The van der Waals surface area contributed by atoms with Gasteiger partial charge in [0.25, 0.3) is 0 Å². The molecule has 2 heteroatoms. The molecule has 0 amide bonds. The van der Waals surface area contributed by atoms with Gasteiger partial charge in [0, 0.05) is 21.9 Å². The Morgan fingerprint density at radius 1 is 0.941 bits per heavy atom. The highest BCUT2D eigenvalue weighted by molar-refractivity contribution is 6.10. The second-order valence-electron chi connectivity index (χ2n) is 4.64. The van der Waals surface area contributed by atoms with Crippen LogP contribution in [0.25, 0.3) is 21.8 Å². The number of benzene rings is 2. The predicted molar refractivity (Wildman–Crippen MR) is 71.7 cm³/mol. The van der Waals surface area contributed by atoms with Crippen molar-refractivity contribution >= 4 is 21.8 Å². The first-order valence-electron chi connectivity index (χ1n) is 5.80. The Balaban J connectivity index is 2.67.